The minimum absolute atomic E-state index is 0.0742. The normalized spacial score (nSPS) is 10.5. The first-order valence-corrected chi connectivity index (χ1v) is 11.0. The summed E-state index contributed by atoms with van der Waals surface area (Å²) in [6, 6.07) is 16.1. The van der Waals surface area contributed by atoms with Crippen LogP contribution >= 0.6 is 23.2 Å². The van der Waals surface area contributed by atoms with E-state index in [-0.39, 0.29) is 21.4 Å². The van der Waals surface area contributed by atoms with E-state index >= 15 is 0 Å². The first-order chi connectivity index (χ1) is 16.2. The van der Waals surface area contributed by atoms with Gasteiger partial charge in [0, 0.05) is 42.5 Å². The van der Waals surface area contributed by atoms with Crippen molar-refractivity contribution >= 4 is 51.9 Å². The van der Waals surface area contributed by atoms with Crippen molar-refractivity contribution in [3.8, 4) is 0 Å². The molecule has 0 unspecified atom stereocenters. The van der Waals surface area contributed by atoms with Gasteiger partial charge in [0.1, 0.15) is 5.69 Å². The highest BCUT2D eigenvalue weighted by Gasteiger charge is 2.14. The van der Waals surface area contributed by atoms with Crippen molar-refractivity contribution in [3.63, 3.8) is 0 Å². The summed E-state index contributed by atoms with van der Waals surface area (Å²) in [5.41, 5.74) is 1.71. The molecule has 1 aromatic heterocycles. The lowest BCUT2D eigenvalue weighted by atomic mass is 10.2. The first kappa shape index (κ1) is 26.7. The van der Waals surface area contributed by atoms with Gasteiger partial charge in [0.25, 0.3) is 5.69 Å². The van der Waals surface area contributed by atoms with E-state index in [1.807, 2.05) is 54.9 Å². The zero-order valence-electron chi connectivity index (χ0n) is 18.6. The molecule has 0 fully saturated rings. The molecule has 0 amide bonds. The third kappa shape index (κ3) is 8.42. The maximum atomic E-state index is 10.9. The predicted molar refractivity (Wildman–Crippen MR) is 129 cm³/mol. The zero-order valence-corrected chi connectivity index (χ0v) is 20.1. The van der Waals surface area contributed by atoms with E-state index < -0.39 is 10.9 Å². The Hall–Kier alpha value is -3.56. The van der Waals surface area contributed by atoms with Crippen molar-refractivity contribution in [1.82, 2.24) is 0 Å². The van der Waals surface area contributed by atoms with Gasteiger partial charge in [-0.1, -0.05) is 29.3 Å². The number of carbonyl (C=O) groups is 1. The molecule has 0 bridgehead atoms. The predicted octanol–water partition coefficient (Wildman–Crippen LogP) is 4.89. The van der Waals surface area contributed by atoms with E-state index in [0.29, 0.717) is 5.69 Å². The van der Waals surface area contributed by atoms with Gasteiger partial charge >= 0.3 is 0 Å². The largest absolute Gasteiger partial charge is 0.550 e. The van der Waals surface area contributed by atoms with Crippen LogP contribution in [0.5, 0.6) is 0 Å². The summed E-state index contributed by atoms with van der Waals surface area (Å²) in [6.45, 7) is 5.72. The fraction of sp³-hybridized carbons (Fsp3) is 0.217. The number of aliphatic carboxylic acids is 1. The van der Waals surface area contributed by atoms with Crippen LogP contribution in [0.15, 0.2) is 77.2 Å². The van der Waals surface area contributed by atoms with Crippen LogP contribution in [-0.2, 0) is 11.3 Å². The molecule has 0 spiro atoms. The Bertz CT molecular complexity index is 1110. The minimum atomic E-state index is -1.08. The molecule has 0 saturated heterocycles. The molecule has 11 heteroatoms. The third-order valence-corrected chi connectivity index (χ3v) is 5.06. The molecule has 0 atom stereocenters. The Morgan fingerprint density at radius 1 is 1.06 bits per heavy atom. The molecule has 1 heterocycles. The molecule has 0 aliphatic heterocycles. The van der Waals surface area contributed by atoms with Crippen molar-refractivity contribution in [1.29, 1.82) is 0 Å². The van der Waals surface area contributed by atoms with E-state index in [2.05, 4.69) is 26.6 Å². The number of anilines is 1. The molecule has 0 aliphatic rings. The SMILES string of the molecule is CC(=O)[O-].CCN(CC[n+]1ccccc1)c1ccc(N=Nc2c(Cl)cc([N+](=O)[O-])cc2Cl)cc1. The van der Waals surface area contributed by atoms with Gasteiger partial charge in [-0.15, -0.1) is 5.11 Å². The summed E-state index contributed by atoms with van der Waals surface area (Å²) >= 11 is 12.1. The van der Waals surface area contributed by atoms with Gasteiger partial charge in [0.05, 0.1) is 27.2 Å². The van der Waals surface area contributed by atoms with Crippen LogP contribution < -0.4 is 14.6 Å². The van der Waals surface area contributed by atoms with E-state index in [1.165, 1.54) is 12.1 Å². The number of rotatable bonds is 8. The number of nitro groups is 1. The highest BCUT2D eigenvalue weighted by Crippen LogP contribution is 2.37. The molecule has 0 saturated carbocycles. The van der Waals surface area contributed by atoms with Gasteiger partial charge in [-0.2, -0.15) is 5.11 Å². The molecule has 2 aromatic carbocycles. The second-order valence-electron chi connectivity index (χ2n) is 6.92. The number of carboxylic acid groups (broad SMARTS) is 1. The second-order valence-corrected chi connectivity index (χ2v) is 7.73. The number of halogens is 2. The molecule has 9 nitrogen and oxygen atoms in total. The number of aromatic nitrogens is 1. The Balaban J connectivity index is 0.000000945. The molecule has 34 heavy (non-hydrogen) atoms. The van der Waals surface area contributed by atoms with Crippen molar-refractivity contribution in [2.24, 2.45) is 10.2 Å². The first-order valence-electron chi connectivity index (χ1n) is 10.2. The Kier molecular flexibility index (Phi) is 10.4. The van der Waals surface area contributed by atoms with Crippen LogP contribution in [0.2, 0.25) is 10.0 Å². The van der Waals surface area contributed by atoms with E-state index in [9.17, 15) is 10.1 Å². The number of nitrogens with zero attached hydrogens (tertiary/aromatic N) is 5. The number of carbonyl (C=O) groups excluding carboxylic acids is 1. The Labute approximate surface area is 207 Å². The summed E-state index contributed by atoms with van der Waals surface area (Å²) in [5.74, 6) is -1.08. The van der Waals surface area contributed by atoms with E-state index in [1.54, 1.807) is 0 Å². The van der Waals surface area contributed by atoms with Crippen LogP contribution in [0.4, 0.5) is 22.7 Å². The second kappa shape index (κ2) is 13.2. The van der Waals surface area contributed by atoms with Crippen LogP contribution in [-0.4, -0.2) is 24.0 Å². The smallest absolute Gasteiger partial charge is 0.272 e. The van der Waals surface area contributed by atoms with Crippen molar-refractivity contribution in [3.05, 3.63) is 87.2 Å². The number of hydrogen-bond acceptors (Lipinski definition) is 7. The van der Waals surface area contributed by atoms with Gasteiger partial charge in [0.2, 0.25) is 0 Å². The average Bonchev–Trinajstić information content (AvgIpc) is 2.80. The Morgan fingerprint density at radius 3 is 2.12 bits per heavy atom. The van der Waals surface area contributed by atoms with Gasteiger partial charge in [0.15, 0.2) is 18.9 Å². The number of benzene rings is 2. The van der Waals surface area contributed by atoms with Gasteiger partial charge in [-0.3, -0.25) is 10.1 Å². The monoisotopic (exact) mass is 503 g/mol. The van der Waals surface area contributed by atoms with Crippen LogP contribution in [0, 0.1) is 10.1 Å². The highest BCUT2D eigenvalue weighted by molar-refractivity contribution is 6.39. The number of nitro benzene ring substituents is 1. The molecule has 0 N–H and O–H groups in total. The van der Waals surface area contributed by atoms with E-state index in [0.717, 1.165) is 32.2 Å². The van der Waals surface area contributed by atoms with Crippen molar-refractivity contribution in [2.75, 3.05) is 18.0 Å². The topological polar surface area (TPSA) is 115 Å². The van der Waals surface area contributed by atoms with Crippen molar-refractivity contribution < 1.29 is 19.4 Å². The lowest BCUT2D eigenvalue weighted by Gasteiger charge is -2.21. The number of pyridine rings is 1. The minimum Gasteiger partial charge on any atom is -0.550 e. The van der Waals surface area contributed by atoms with Gasteiger partial charge < -0.3 is 14.8 Å². The maximum absolute atomic E-state index is 10.9. The fourth-order valence-electron chi connectivity index (χ4n) is 2.88. The van der Waals surface area contributed by atoms with Crippen LogP contribution in [0.1, 0.15) is 13.8 Å². The summed E-state index contributed by atoms with van der Waals surface area (Å²) in [4.78, 5) is 21.5. The molecule has 3 rings (SSSR count). The lowest BCUT2D eigenvalue weighted by molar-refractivity contribution is -0.694. The van der Waals surface area contributed by atoms with Gasteiger partial charge in [-0.25, -0.2) is 4.57 Å². The summed E-state index contributed by atoms with van der Waals surface area (Å²) in [6.07, 6.45) is 4.09. The molecule has 0 aliphatic carbocycles. The lowest BCUT2D eigenvalue weighted by Crippen LogP contribution is -2.40. The Morgan fingerprint density at radius 2 is 1.62 bits per heavy atom. The summed E-state index contributed by atoms with van der Waals surface area (Å²) in [5, 5.41) is 28.1. The molecule has 0 radical (unpaired) electrons. The fourth-order valence-corrected chi connectivity index (χ4v) is 3.43. The summed E-state index contributed by atoms with van der Waals surface area (Å²) in [7, 11) is 0. The van der Waals surface area contributed by atoms with Crippen molar-refractivity contribution in [2.45, 2.75) is 20.4 Å². The number of likely N-dealkylation sites (N-methyl/N-ethyl adjacent to an activating group) is 1. The van der Waals surface area contributed by atoms with E-state index in [4.69, 9.17) is 33.1 Å². The molecule has 3 aromatic rings. The number of azo groups is 1. The molecular weight excluding hydrogens is 481 g/mol. The zero-order chi connectivity index (χ0) is 25.1. The van der Waals surface area contributed by atoms with Crippen LogP contribution in [0.25, 0.3) is 0 Å². The van der Waals surface area contributed by atoms with Gasteiger partial charge in [-0.05, 0) is 38.1 Å². The quantitative estimate of drug-likeness (QED) is 0.188. The average molecular weight is 504 g/mol. The number of non-ortho nitro benzene ring substituents is 1. The number of carboxylic acids is 1. The highest BCUT2D eigenvalue weighted by atomic mass is 35.5. The standard InChI is InChI=1S/C21H20Cl2N5O2.C2H4O2/c1-2-27(13-12-26-10-4-3-5-11-26)17-8-6-16(7-9-17)24-25-21-19(22)14-18(28(29)30)15-20(21)23;1-2(3)4/h3-11,14-15H,2,12-13H2,1H3;1H3,(H,3,4)/q+1;/p-1. The van der Waals surface area contributed by atoms with Crippen LogP contribution in [0.3, 0.4) is 0 Å². The number of hydrogen-bond donors (Lipinski definition) is 0. The maximum Gasteiger partial charge on any atom is 0.272 e. The third-order valence-electron chi connectivity index (χ3n) is 4.48. The molecular formula is C23H23Cl2N5O4. The molecule has 178 valence electrons. The summed E-state index contributed by atoms with van der Waals surface area (Å²) < 4.78 is 2.14.